The molecule has 0 saturated carbocycles. The van der Waals surface area contributed by atoms with Gasteiger partial charge < -0.3 is 14.8 Å². The Labute approximate surface area is 129 Å². The minimum Gasteiger partial charge on any atom is -0.376 e. The number of ether oxygens (including phenoxy) is 2. The van der Waals surface area contributed by atoms with Crippen molar-refractivity contribution in [1.82, 2.24) is 5.32 Å². The Bertz CT molecular complexity index is 428. The molecule has 0 aliphatic carbocycles. The van der Waals surface area contributed by atoms with Crippen molar-refractivity contribution in [2.75, 3.05) is 26.9 Å². The summed E-state index contributed by atoms with van der Waals surface area (Å²) in [5.74, 6) is 0. The van der Waals surface area contributed by atoms with E-state index in [0.717, 1.165) is 19.3 Å². The third-order valence-corrected chi connectivity index (χ3v) is 4.42. The van der Waals surface area contributed by atoms with E-state index >= 15 is 0 Å². The average Bonchev–Trinajstić information content (AvgIpc) is 2.56. The molecule has 0 bridgehead atoms. The SMILES string of the molecule is CCc1cc(CC)c(C(NC)C2COCCO2)c(CC)c1. The van der Waals surface area contributed by atoms with Gasteiger partial charge in [0, 0.05) is 0 Å². The van der Waals surface area contributed by atoms with Gasteiger partial charge in [0.05, 0.1) is 25.9 Å². The van der Waals surface area contributed by atoms with E-state index in [1.807, 2.05) is 7.05 Å². The van der Waals surface area contributed by atoms with Crippen LogP contribution in [0.15, 0.2) is 12.1 Å². The van der Waals surface area contributed by atoms with Crippen molar-refractivity contribution in [2.24, 2.45) is 0 Å². The third kappa shape index (κ3) is 3.65. The van der Waals surface area contributed by atoms with Gasteiger partial charge in [0.25, 0.3) is 0 Å². The van der Waals surface area contributed by atoms with Crippen molar-refractivity contribution in [1.29, 1.82) is 0 Å². The number of aryl methyl sites for hydroxylation is 3. The zero-order valence-corrected chi connectivity index (χ0v) is 13.9. The van der Waals surface area contributed by atoms with Crippen molar-refractivity contribution in [3.05, 3.63) is 34.4 Å². The Balaban J connectivity index is 2.42. The van der Waals surface area contributed by atoms with Gasteiger partial charge in [-0.2, -0.15) is 0 Å². The summed E-state index contributed by atoms with van der Waals surface area (Å²) in [7, 11) is 2.02. The van der Waals surface area contributed by atoms with Crippen LogP contribution >= 0.6 is 0 Å². The molecule has 0 aromatic heterocycles. The molecule has 0 radical (unpaired) electrons. The molecule has 1 aromatic carbocycles. The van der Waals surface area contributed by atoms with Crippen LogP contribution in [0.4, 0.5) is 0 Å². The number of likely N-dealkylation sites (N-methyl/N-ethyl adjacent to an activating group) is 1. The topological polar surface area (TPSA) is 30.5 Å². The lowest BCUT2D eigenvalue weighted by Gasteiger charge is -2.33. The van der Waals surface area contributed by atoms with E-state index in [4.69, 9.17) is 9.47 Å². The van der Waals surface area contributed by atoms with E-state index in [9.17, 15) is 0 Å². The quantitative estimate of drug-likeness (QED) is 0.874. The Morgan fingerprint density at radius 2 is 1.76 bits per heavy atom. The summed E-state index contributed by atoms with van der Waals surface area (Å²) in [6.07, 6.45) is 3.31. The fraction of sp³-hybridized carbons (Fsp3) is 0.667. The maximum absolute atomic E-state index is 5.95. The highest BCUT2D eigenvalue weighted by Crippen LogP contribution is 2.30. The average molecular weight is 291 g/mol. The van der Waals surface area contributed by atoms with Crippen LogP contribution in [0.5, 0.6) is 0 Å². The van der Waals surface area contributed by atoms with Crippen molar-refractivity contribution in [2.45, 2.75) is 52.2 Å². The molecule has 1 heterocycles. The highest BCUT2D eigenvalue weighted by atomic mass is 16.6. The second-order valence-corrected chi connectivity index (χ2v) is 5.64. The number of rotatable bonds is 6. The summed E-state index contributed by atoms with van der Waals surface area (Å²) in [6.45, 7) is 8.78. The standard InChI is InChI=1S/C18H29NO2/c1-5-13-10-14(6-2)17(15(7-3)11-13)18(19-4)16-12-20-8-9-21-16/h10-11,16,18-19H,5-9,12H2,1-4H3. The van der Waals surface area contributed by atoms with Crippen LogP contribution in [-0.4, -0.2) is 33.0 Å². The molecule has 3 nitrogen and oxygen atoms in total. The van der Waals surface area contributed by atoms with Gasteiger partial charge in [0.15, 0.2) is 0 Å². The molecule has 1 aromatic rings. The molecule has 2 atom stereocenters. The van der Waals surface area contributed by atoms with E-state index in [-0.39, 0.29) is 12.1 Å². The molecule has 118 valence electrons. The highest BCUT2D eigenvalue weighted by Gasteiger charge is 2.28. The lowest BCUT2D eigenvalue weighted by Crippen LogP contribution is -2.40. The van der Waals surface area contributed by atoms with E-state index in [1.54, 1.807) is 0 Å². The van der Waals surface area contributed by atoms with Gasteiger partial charge in [-0.15, -0.1) is 0 Å². The molecular formula is C18H29NO2. The molecule has 1 saturated heterocycles. The summed E-state index contributed by atoms with van der Waals surface area (Å²) in [4.78, 5) is 0. The molecule has 1 fully saturated rings. The van der Waals surface area contributed by atoms with Crippen molar-refractivity contribution < 1.29 is 9.47 Å². The summed E-state index contributed by atoms with van der Waals surface area (Å²) >= 11 is 0. The van der Waals surface area contributed by atoms with Crippen LogP contribution in [0.2, 0.25) is 0 Å². The molecule has 0 spiro atoms. The predicted molar refractivity (Wildman–Crippen MR) is 86.9 cm³/mol. The zero-order chi connectivity index (χ0) is 15.2. The van der Waals surface area contributed by atoms with Crippen LogP contribution in [-0.2, 0) is 28.7 Å². The Morgan fingerprint density at radius 3 is 2.19 bits per heavy atom. The predicted octanol–water partition coefficient (Wildman–Crippen LogP) is 3.05. The molecule has 1 aliphatic heterocycles. The van der Waals surface area contributed by atoms with Gasteiger partial charge in [0.2, 0.25) is 0 Å². The molecule has 2 unspecified atom stereocenters. The number of hydrogen-bond acceptors (Lipinski definition) is 3. The van der Waals surface area contributed by atoms with Gasteiger partial charge in [-0.05, 0) is 48.6 Å². The molecule has 21 heavy (non-hydrogen) atoms. The summed E-state index contributed by atoms with van der Waals surface area (Å²) < 4.78 is 11.6. The molecular weight excluding hydrogens is 262 g/mol. The van der Waals surface area contributed by atoms with Crippen LogP contribution in [0.1, 0.15) is 49.1 Å². The first-order valence-corrected chi connectivity index (χ1v) is 8.26. The van der Waals surface area contributed by atoms with E-state index in [2.05, 4.69) is 38.2 Å². The smallest absolute Gasteiger partial charge is 0.100 e. The van der Waals surface area contributed by atoms with E-state index in [1.165, 1.54) is 22.3 Å². The Kier molecular flexibility index (Phi) is 6.22. The Morgan fingerprint density at radius 1 is 1.10 bits per heavy atom. The number of nitrogens with one attached hydrogen (secondary N) is 1. The van der Waals surface area contributed by atoms with Gasteiger partial charge >= 0.3 is 0 Å². The summed E-state index contributed by atoms with van der Waals surface area (Å²) in [5.41, 5.74) is 5.75. The third-order valence-electron chi connectivity index (χ3n) is 4.42. The highest BCUT2D eigenvalue weighted by molar-refractivity contribution is 5.42. The largest absolute Gasteiger partial charge is 0.376 e. The molecule has 0 amide bonds. The zero-order valence-electron chi connectivity index (χ0n) is 13.9. The van der Waals surface area contributed by atoms with Crippen LogP contribution in [0.25, 0.3) is 0 Å². The first-order chi connectivity index (χ1) is 10.2. The lowest BCUT2D eigenvalue weighted by atomic mass is 9.87. The molecule has 1 aliphatic rings. The normalized spacial score (nSPS) is 20.5. The fourth-order valence-electron chi connectivity index (χ4n) is 3.25. The first kappa shape index (κ1) is 16.5. The molecule has 2 rings (SSSR count). The maximum Gasteiger partial charge on any atom is 0.100 e. The molecule has 1 N–H and O–H groups in total. The fourth-order valence-corrected chi connectivity index (χ4v) is 3.25. The van der Waals surface area contributed by atoms with E-state index < -0.39 is 0 Å². The van der Waals surface area contributed by atoms with Gasteiger partial charge in [-0.3, -0.25) is 0 Å². The van der Waals surface area contributed by atoms with Gasteiger partial charge in [0.1, 0.15) is 6.10 Å². The summed E-state index contributed by atoms with van der Waals surface area (Å²) in [6, 6.07) is 4.94. The van der Waals surface area contributed by atoms with Gasteiger partial charge in [-0.25, -0.2) is 0 Å². The van der Waals surface area contributed by atoms with Crippen LogP contribution in [0.3, 0.4) is 0 Å². The van der Waals surface area contributed by atoms with Crippen molar-refractivity contribution in [3.63, 3.8) is 0 Å². The maximum atomic E-state index is 5.95. The van der Waals surface area contributed by atoms with Crippen LogP contribution < -0.4 is 5.32 Å². The van der Waals surface area contributed by atoms with Crippen molar-refractivity contribution in [3.8, 4) is 0 Å². The minimum atomic E-state index is 0.104. The van der Waals surface area contributed by atoms with E-state index in [0.29, 0.717) is 19.8 Å². The Hall–Kier alpha value is -0.900. The van der Waals surface area contributed by atoms with Gasteiger partial charge in [-0.1, -0.05) is 32.9 Å². The summed E-state index contributed by atoms with van der Waals surface area (Å²) in [5, 5.41) is 3.47. The minimum absolute atomic E-state index is 0.104. The van der Waals surface area contributed by atoms with Crippen LogP contribution in [0, 0.1) is 0 Å². The lowest BCUT2D eigenvalue weighted by molar-refractivity contribution is -0.101. The number of benzene rings is 1. The second kappa shape index (κ2) is 7.92. The monoisotopic (exact) mass is 291 g/mol. The number of hydrogen-bond donors (Lipinski definition) is 1. The first-order valence-electron chi connectivity index (χ1n) is 8.26. The van der Waals surface area contributed by atoms with Crippen molar-refractivity contribution >= 4 is 0 Å². The molecule has 3 heteroatoms. The second-order valence-electron chi connectivity index (χ2n) is 5.64.